The molecule has 40 heavy (non-hydrogen) atoms. The predicted octanol–water partition coefficient (Wildman–Crippen LogP) is 4.44. The summed E-state index contributed by atoms with van der Waals surface area (Å²) in [5, 5.41) is 21.3. The van der Waals surface area contributed by atoms with Gasteiger partial charge >= 0.3 is 5.97 Å². The molecule has 2 amide bonds. The highest BCUT2D eigenvalue weighted by molar-refractivity contribution is 6.00. The van der Waals surface area contributed by atoms with Gasteiger partial charge in [0.05, 0.1) is 34.5 Å². The van der Waals surface area contributed by atoms with Crippen molar-refractivity contribution in [2.45, 2.75) is 90.2 Å². The van der Waals surface area contributed by atoms with Crippen molar-refractivity contribution < 1.29 is 24.2 Å². The minimum absolute atomic E-state index is 0.0855. The van der Waals surface area contributed by atoms with Gasteiger partial charge in [-0.15, -0.1) is 0 Å². The fourth-order valence-corrected chi connectivity index (χ4v) is 7.67. The van der Waals surface area contributed by atoms with Gasteiger partial charge in [0.2, 0.25) is 5.91 Å². The minimum atomic E-state index is -0.760. The van der Waals surface area contributed by atoms with Gasteiger partial charge in [-0.3, -0.25) is 19.1 Å². The lowest BCUT2D eigenvalue weighted by atomic mass is 9.70. The van der Waals surface area contributed by atoms with Crippen molar-refractivity contribution in [3.63, 3.8) is 0 Å². The lowest BCUT2D eigenvalue weighted by Crippen LogP contribution is -2.51. The van der Waals surface area contributed by atoms with E-state index in [2.05, 4.69) is 22.7 Å². The Morgan fingerprint density at radius 2 is 1.80 bits per heavy atom. The third-order valence-electron chi connectivity index (χ3n) is 10.7. The highest BCUT2D eigenvalue weighted by atomic mass is 16.5. The zero-order valence-electron chi connectivity index (χ0n) is 23.9. The van der Waals surface area contributed by atoms with Crippen LogP contribution < -0.4 is 15.4 Å². The molecule has 2 bridgehead atoms. The summed E-state index contributed by atoms with van der Waals surface area (Å²) in [6, 6.07) is 3.45. The molecule has 4 saturated carbocycles. The summed E-state index contributed by atoms with van der Waals surface area (Å²) in [6.45, 7) is 4.75. The molecule has 1 heterocycles. The molecule has 6 rings (SSSR count). The largest absolute Gasteiger partial charge is 0.490 e. The molecule has 1 aromatic carbocycles. The molecular formula is C31H42N4O5. The molecule has 0 saturated heterocycles. The summed E-state index contributed by atoms with van der Waals surface area (Å²) < 4.78 is 8.15. The molecule has 2 aromatic rings. The average molecular weight is 551 g/mol. The summed E-state index contributed by atoms with van der Waals surface area (Å²) >= 11 is 0. The molecule has 4 aliphatic carbocycles. The van der Waals surface area contributed by atoms with E-state index in [1.165, 1.54) is 6.42 Å². The molecule has 4 aliphatic rings. The van der Waals surface area contributed by atoms with Crippen LogP contribution in [0.3, 0.4) is 0 Å². The van der Waals surface area contributed by atoms with Crippen LogP contribution in [-0.4, -0.2) is 51.4 Å². The van der Waals surface area contributed by atoms with Gasteiger partial charge in [-0.2, -0.15) is 5.10 Å². The van der Waals surface area contributed by atoms with Gasteiger partial charge in [0.15, 0.2) is 0 Å². The number of carbonyl (C=O) groups excluding carboxylic acids is 2. The lowest BCUT2D eigenvalue weighted by molar-refractivity contribution is -0.150. The number of aryl methyl sites for hydroxylation is 1. The number of carbonyl (C=O) groups is 3. The van der Waals surface area contributed by atoms with E-state index in [0.717, 1.165) is 43.0 Å². The standard InChI is InChI=1S/C31H42N4O5/c1-30(9-4-10-30)17-32-28(37)25-18-5-6-19(13-18)26(25)34-27(36)20-14-23-22(16-33-35(23)3)24(15-20)40-21-7-11-31(2,12-8-21)29(38)39/h14-16,18-19,21,25-26H,4-13,17H2,1-3H3,(H,32,37)(H,34,36)(H,38,39)/t18-,19+,21-,25+,26-,31+/m1/s1. The van der Waals surface area contributed by atoms with Crippen molar-refractivity contribution in [1.29, 1.82) is 0 Å². The molecule has 0 spiro atoms. The molecule has 9 nitrogen and oxygen atoms in total. The third kappa shape index (κ3) is 4.85. The molecule has 3 N–H and O–H groups in total. The molecule has 4 atom stereocenters. The molecular weight excluding hydrogens is 508 g/mol. The Balaban J connectivity index is 1.18. The number of nitrogens with one attached hydrogen (secondary N) is 2. The van der Waals surface area contributed by atoms with E-state index < -0.39 is 11.4 Å². The number of carboxylic acids is 1. The topological polar surface area (TPSA) is 123 Å². The summed E-state index contributed by atoms with van der Waals surface area (Å²) in [6.07, 6.45) is 10.6. The normalized spacial score (nSPS) is 32.4. The monoisotopic (exact) mass is 550 g/mol. The summed E-state index contributed by atoms with van der Waals surface area (Å²) in [5.74, 6) is 0.184. The first-order valence-corrected chi connectivity index (χ1v) is 15.0. The number of nitrogens with zero attached hydrogens (tertiary/aromatic N) is 2. The number of benzene rings is 1. The second kappa shape index (κ2) is 10.1. The molecule has 9 heteroatoms. The highest BCUT2D eigenvalue weighted by Gasteiger charge is 2.51. The van der Waals surface area contributed by atoms with Gasteiger partial charge in [-0.1, -0.05) is 13.3 Å². The molecule has 216 valence electrons. The number of aromatic nitrogens is 2. The van der Waals surface area contributed by atoms with Gasteiger partial charge in [0.25, 0.3) is 5.91 Å². The van der Waals surface area contributed by atoms with Crippen molar-refractivity contribution in [2.24, 2.45) is 35.6 Å². The van der Waals surface area contributed by atoms with E-state index in [9.17, 15) is 19.5 Å². The zero-order chi connectivity index (χ0) is 28.2. The third-order valence-corrected chi connectivity index (χ3v) is 10.7. The number of aliphatic carboxylic acids is 1. The molecule has 0 radical (unpaired) electrons. The Morgan fingerprint density at radius 1 is 1.07 bits per heavy atom. The fourth-order valence-electron chi connectivity index (χ4n) is 7.67. The number of ether oxygens (including phenoxy) is 1. The van der Waals surface area contributed by atoms with Crippen molar-refractivity contribution in [3.05, 3.63) is 23.9 Å². The second-order valence-corrected chi connectivity index (χ2v) is 13.6. The van der Waals surface area contributed by atoms with E-state index in [0.29, 0.717) is 55.4 Å². The SMILES string of the molecule is Cn1ncc2c(O[C@H]3CC[C@@](C)(C(=O)O)CC3)cc(C(=O)N[C@@H]3[C@H]4CC[C@H](C4)[C@@H]3C(=O)NCC3(C)CCC3)cc21. The number of hydrogen-bond donors (Lipinski definition) is 3. The maximum Gasteiger partial charge on any atom is 0.309 e. The second-order valence-electron chi connectivity index (χ2n) is 13.6. The molecule has 1 aromatic heterocycles. The van der Waals surface area contributed by atoms with Crippen LogP contribution in [0, 0.1) is 28.6 Å². The first-order valence-electron chi connectivity index (χ1n) is 15.0. The maximum atomic E-state index is 13.7. The number of fused-ring (bicyclic) bond motifs is 3. The first-order chi connectivity index (χ1) is 19.1. The number of rotatable bonds is 8. The van der Waals surface area contributed by atoms with Crippen LogP contribution in [-0.2, 0) is 16.6 Å². The van der Waals surface area contributed by atoms with Gasteiger partial charge in [-0.25, -0.2) is 0 Å². The number of hydrogen-bond acceptors (Lipinski definition) is 5. The molecule has 0 aliphatic heterocycles. The predicted molar refractivity (Wildman–Crippen MR) is 150 cm³/mol. The van der Waals surface area contributed by atoms with E-state index in [4.69, 9.17) is 4.74 Å². The first kappa shape index (κ1) is 27.1. The van der Waals surface area contributed by atoms with Gasteiger partial charge in [0, 0.05) is 25.2 Å². The highest BCUT2D eigenvalue weighted by Crippen LogP contribution is 2.49. The van der Waals surface area contributed by atoms with Crippen molar-refractivity contribution in [2.75, 3.05) is 6.54 Å². The summed E-state index contributed by atoms with van der Waals surface area (Å²) in [5.41, 5.74) is 0.779. The Hall–Kier alpha value is -3.10. The van der Waals surface area contributed by atoms with Gasteiger partial charge in [-0.05, 0) is 94.1 Å². The van der Waals surface area contributed by atoms with E-state index in [1.54, 1.807) is 23.9 Å². The average Bonchev–Trinajstić information content (AvgIpc) is 3.63. The van der Waals surface area contributed by atoms with Gasteiger partial charge < -0.3 is 20.5 Å². The van der Waals surface area contributed by atoms with Crippen LogP contribution in [0.1, 0.15) is 88.4 Å². The van der Waals surface area contributed by atoms with Crippen LogP contribution >= 0.6 is 0 Å². The summed E-state index contributed by atoms with van der Waals surface area (Å²) in [4.78, 5) is 38.7. The molecule has 0 unspecified atom stereocenters. The lowest BCUT2D eigenvalue weighted by Gasteiger charge is -2.39. The van der Waals surface area contributed by atoms with Crippen LogP contribution in [0.2, 0.25) is 0 Å². The van der Waals surface area contributed by atoms with Crippen LogP contribution in [0.4, 0.5) is 0 Å². The van der Waals surface area contributed by atoms with Crippen LogP contribution in [0.5, 0.6) is 5.75 Å². The Morgan fingerprint density at radius 3 is 2.48 bits per heavy atom. The fraction of sp³-hybridized carbons (Fsp3) is 0.677. The molecule has 4 fully saturated rings. The van der Waals surface area contributed by atoms with E-state index in [-0.39, 0.29) is 35.3 Å². The maximum absolute atomic E-state index is 13.7. The van der Waals surface area contributed by atoms with E-state index in [1.807, 2.05) is 13.1 Å². The Bertz CT molecular complexity index is 1320. The van der Waals surface area contributed by atoms with Gasteiger partial charge in [0.1, 0.15) is 5.75 Å². The minimum Gasteiger partial charge on any atom is -0.490 e. The van der Waals surface area contributed by atoms with Crippen LogP contribution in [0.15, 0.2) is 18.3 Å². The Kier molecular flexibility index (Phi) is 6.82. The van der Waals surface area contributed by atoms with E-state index >= 15 is 0 Å². The quantitative estimate of drug-likeness (QED) is 0.447. The van der Waals surface area contributed by atoms with Crippen molar-refractivity contribution >= 4 is 28.7 Å². The van der Waals surface area contributed by atoms with Crippen molar-refractivity contribution in [3.8, 4) is 5.75 Å². The zero-order valence-corrected chi connectivity index (χ0v) is 23.9. The van der Waals surface area contributed by atoms with Crippen molar-refractivity contribution in [1.82, 2.24) is 20.4 Å². The summed E-state index contributed by atoms with van der Waals surface area (Å²) in [7, 11) is 1.84. The number of amides is 2. The number of carboxylic acid groups (broad SMARTS) is 1. The smallest absolute Gasteiger partial charge is 0.309 e. The Labute approximate surface area is 235 Å². The van der Waals surface area contributed by atoms with Crippen LogP contribution in [0.25, 0.3) is 10.9 Å².